The largest absolute Gasteiger partial charge is 0.492 e. The van der Waals surface area contributed by atoms with E-state index in [1.807, 2.05) is 0 Å². The molecule has 20 heavy (non-hydrogen) atoms. The molecule has 1 aromatic carbocycles. The molecule has 0 bridgehead atoms. The van der Waals surface area contributed by atoms with E-state index in [1.54, 1.807) is 0 Å². The lowest BCUT2D eigenvalue weighted by Crippen LogP contribution is -2.44. The van der Waals surface area contributed by atoms with Gasteiger partial charge in [0.2, 0.25) is 0 Å². The molecule has 1 saturated heterocycles. The van der Waals surface area contributed by atoms with Gasteiger partial charge in [-0.3, -0.25) is 0 Å². The number of nitrogens with zero attached hydrogens (tertiary/aromatic N) is 1. The highest BCUT2D eigenvalue weighted by atomic mass is 79.9. The Bertz CT molecular complexity index is 442. The van der Waals surface area contributed by atoms with Crippen LogP contribution in [0.1, 0.15) is 18.4 Å². The zero-order valence-corrected chi connectivity index (χ0v) is 13.5. The van der Waals surface area contributed by atoms with E-state index in [1.165, 1.54) is 31.5 Å². The number of nitrogens with one attached hydrogen (secondary N) is 1. The third-order valence-electron chi connectivity index (χ3n) is 4.09. The van der Waals surface area contributed by atoms with E-state index in [0.717, 1.165) is 48.8 Å². The van der Waals surface area contributed by atoms with Crippen molar-refractivity contribution in [2.45, 2.75) is 19.3 Å². The van der Waals surface area contributed by atoms with E-state index in [9.17, 15) is 0 Å². The average Bonchev–Trinajstić information content (AvgIpc) is 3.29. The minimum Gasteiger partial charge on any atom is -0.492 e. The molecule has 0 amide bonds. The first-order chi connectivity index (χ1) is 9.81. The van der Waals surface area contributed by atoms with E-state index < -0.39 is 0 Å². The molecule has 0 radical (unpaired) electrons. The van der Waals surface area contributed by atoms with Crippen LogP contribution in [0, 0.1) is 5.92 Å². The number of hydrogen-bond donors (Lipinski definition) is 1. The van der Waals surface area contributed by atoms with Crippen molar-refractivity contribution in [3.8, 4) is 5.75 Å². The lowest BCUT2D eigenvalue weighted by molar-refractivity contribution is 0.244. The number of piperazine rings is 1. The molecule has 1 aromatic rings. The van der Waals surface area contributed by atoms with Crippen LogP contribution in [0.25, 0.3) is 0 Å². The molecule has 1 N–H and O–H groups in total. The summed E-state index contributed by atoms with van der Waals surface area (Å²) in [6.07, 6.45) is 3.78. The first kappa shape index (κ1) is 14.4. The van der Waals surface area contributed by atoms with Gasteiger partial charge in [0.05, 0.1) is 11.1 Å². The van der Waals surface area contributed by atoms with Crippen molar-refractivity contribution < 1.29 is 4.74 Å². The summed E-state index contributed by atoms with van der Waals surface area (Å²) in [4.78, 5) is 2.53. The molecule has 1 aliphatic carbocycles. The van der Waals surface area contributed by atoms with Crippen LogP contribution in [-0.4, -0.2) is 44.2 Å². The molecule has 110 valence electrons. The van der Waals surface area contributed by atoms with E-state index in [2.05, 4.69) is 44.3 Å². The van der Waals surface area contributed by atoms with Crippen LogP contribution in [0.3, 0.4) is 0 Å². The monoisotopic (exact) mass is 338 g/mol. The molecule has 0 unspecified atom stereocenters. The van der Waals surface area contributed by atoms with Gasteiger partial charge in [0.1, 0.15) is 5.75 Å². The summed E-state index contributed by atoms with van der Waals surface area (Å²) in [6.45, 7) is 6.61. The van der Waals surface area contributed by atoms with Gasteiger partial charge in [-0.25, -0.2) is 0 Å². The molecule has 3 rings (SSSR count). The first-order valence-corrected chi connectivity index (χ1v) is 8.45. The zero-order valence-electron chi connectivity index (χ0n) is 11.9. The highest BCUT2D eigenvalue weighted by Gasteiger charge is 2.22. The topological polar surface area (TPSA) is 24.5 Å². The zero-order chi connectivity index (χ0) is 13.8. The molecule has 0 spiro atoms. The van der Waals surface area contributed by atoms with Crippen molar-refractivity contribution in [1.82, 2.24) is 10.2 Å². The van der Waals surface area contributed by atoms with Crippen LogP contribution in [0.4, 0.5) is 0 Å². The highest BCUT2D eigenvalue weighted by molar-refractivity contribution is 9.10. The molecule has 2 fully saturated rings. The lowest BCUT2D eigenvalue weighted by atomic mass is 10.1. The molecule has 1 heterocycles. The maximum absolute atomic E-state index is 5.84. The van der Waals surface area contributed by atoms with E-state index in [-0.39, 0.29) is 0 Å². The second-order valence-corrected chi connectivity index (χ2v) is 6.72. The second kappa shape index (κ2) is 6.92. The molecule has 4 heteroatoms. The van der Waals surface area contributed by atoms with Crippen LogP contribution in [0.15, 0.2) is 22.7 Å². The quantitative estimate of drug-likeness (QED) is 0.863. The third kappa shape index (κ3) is 4.21. The normalized spacial score (nSPS) is 20.1. The summed E-state index contributed by atoms with van der Waals surface area (Å²) in [5.74, 6) is 1.79. The minimum atomic E-state index is 0.800. The van der Waals surface area contributed by atoms with Crippen LogP contribution >= 0.6 is 15.9 Å². The smallest absolute Gasteiger partial charge is 0.133 e. The fourth-order valence-corrected chi connectivity index (χ4v) is 3.07. The van der Waals surface area contributed by atoms with Gasteiger partial charge in [0, 0.05) is 32.7 Å². The first-order valence-electron chi connectivity index (χ1n) is 7.65. The average molecular weight is 339 g/mol. The lowest BCUT2D eigenvalue weighted by Gasteiger charge is -2.27. The predicted octanol–water partition coefficient (Wildman–Crippen LogP) is 2.69. The van der Waals surface area contributed by atoms with Crippen LogP contribution < -0.4 is 10.1 Å². The Kier molecular flexibility index (Phi) is 4.97. The summed E-state index contributed by atoms with van der Waals surface area (Å²) < 4.78 is 6.94. The number of benzene rings is 1. The van der Waals surface area contributed by atoms with Gasteiger partial charge >= 0.3 is 0 Å². The van der Waals surface area contributed by atoms with Gasteiger partial charge in [0.15, 0.2) is 0 Å². The molecule has 0 aromatic heterocycles. The molecule has 2 aliphatic rings. The van der Waals surface area contributed by atoms with E-state index in [0.29, 0.717) is 0 Å². The predicted molar refractivity (Wildman–Crippen MR) is 85.4 cm³/mol. The maximum atomic E-state index is 5.84. The van der Waals surface area contributed by atoms with Crippen molar-refractivity contribution in [3.05, 3.63) is 28.2 Å². The van der Waals surface area contributed by atoms with Gasteiger partial charge in [-0.05, 0) is 58.8 Å². The molecular formula is C16H23BrN2O. The Balaban J connectivity index is 1.49. The van der Waals surface area contributed by atoms with E-state index in [4.69, 9.17) is 4.74 Å². The van der Waals surface area contributed by atoms with E-state index >= 15 is 0 Å². The van der Waals surface area contributed by atoms with Crippen molar-refractivity contribution in [3.63, 3.8) is 0 Å². The molecular weight excluding hydrogens is 316 g/mol. The summed E-state index contributed by atoms with van der Waals surface area (Å²) >= 11 is 3.64. The van der Waals surface area contributed by atoms with Gasteiger partial charge < -0.3 is 15.0 Å². The molecule has 1 saturated carbocycles. The van der Waals surface area contributed by atoms with Crippen molar-refractivity contribution in [2.75, 3.05) is 39.3 Å². The standard InChI is InChI=1S/C16H23BrN2O/c17-15-11-13(5-8-19-9-6-18-7-10-19)3-4-16(15)20-12-14-1-2-14/h3-4,11,14,18H,1-2,5-10,12H2. The van der Waals surface area contributed by atoms with Gasteiger partial charge in [0.25, 0.3) is 0 Å². The molecule has 0 atom stereocenters. The number of hydrogen-bond acceptors (Lipinski definition) is 3. The summed E-state index contributed by atoms with van der Waals surface area (Å²) in [5, 5.41) is 3.39. The Morgan fingerprint density at radius 2 is 2.05 bits per heavy atom. The number of rotatable bonds is 6. The second-order valence-electron chi connectivity index (χ2n) is 5.86. The molecule has 1 aliphatic heterocycles. The van der Waals surface area contributed by atoms with Gasteiger partial charge in [-0.2, -0.15) is 0 Å². The fraction of sp³-hybridized carbons (Fsp3) is 0.625. The third-order valence-corrected chi connectivity index (χ3v) is 4.71. The Morgan fingerprint density at radius 1 is 1.25 bits per heavy atom. The van der Waals surface area contributed by atoms with Crippen LogP contribution in [0.5, 0.6) is 5.75 Å². The fourth-order valence-electron chi connectivity index (χ4n) is 2.53. The number of ether oxygens (including phenoxy) is 1. The van der Waals surface area contributed by atoms with Crippen molar-refractivity contribution in [2.24, 2.45) is 5.92 Å². The van der Waals surface area contributed by atoms with Gasteiger partial charge in [-0.15, -0.1) is 0 Å². The Hall–Kier alpha value is -0.580. The Morgan fingerprint density at radius 3 is 2.75 bits per heavy atom. The van der Waals surface area contributed by atoms with Gasteiger partial charge in [-0.1, -0.05) is 6.07 Å². The SMILES string of the molecule is Brc1cc(CCN2CCNCC2)ccc1OCC1CC1. The summed E-state index contributed by atoms with van der Waals surface area (Å²) in [6, 6.07) is 6.53. The summed E-state index contributed by atoms with van der Waals surface area (Å²) in [7, 11) is 0. The van der Waals surface area contributed by atoms with Crippen molar-refractivity contribution >= 4 is 15.9 Å². The van der Waals surface area contributed by atoms with Crippen LogP contribution in [-0.2, 0) is 6.42 Å². The maximum Gasteiger partial charge on any atom is 0.133 e. The number of halogens is 1. The Labute approximate surface area is 129 Å². The minimum absolute atomic E-state index is 0.800. The summed E-state index contributed by atoms with van der Waals surface area (Å²) in [5.41, 5.74) is 1.38. The highest BCUT2D eigenvalue weighted by Crippen LogP contribution is 2.32. The molecule has 3 nitrogen and oxygen atoms in total. The van der Waals surface area contributed by atoms with Crippen molar-refractivity contribution in [1.29, 1.82) is 0 Å². The van der Waals surface area contributed by atoms with Crippen LogP contribution in [0.2, 0.25) is 0 Å².